The highest BCUT2D eigenvalue weighted by atomic mass is 16.3. The fraction of sp³-hybridized carbons (Fsp3) is 0.455. The Hall–Kier alpha value is -1.96. The SMILES string of the molecule is CC.CC.CC.CC.CN(C)c1cccc2oc3ccccc3c12. The molecule has 0 unspecified atom stereocenters. The van der Waals surface area contributed by atoms with Crippen LogP contribution in [-0.2, 0) is 0 Å². The van der Waals surface area contributed by atoms with E-state index < -0.39 is 0 Å². The zero-order valence-electron chi connectivity index (χ0n) is 17.4. The third-order valence-corrected chi connectivity index (χ3v) is 2.86. The van der Waals surface area contributed by atoms with E-state index in [1.54, 1.807) is 0 Å². The Morgan fingerprint density at radius 1 is 0.625 bits per heavy atom. The number of nitrogens with zero attached hydrogens (tertiary/aromatic N) is 1. The lowest BCUT2D eigenvalue weighted by Gasteiger charge is -2.13. The maximum Gasteiger partial charge on any atom is 0.137 e. The van der Waals surface area contributed by atoms with E-state index in [0.29, 0.717) is 0 Å². The van der Waals surface area contributed by atoms with Crippen molar-refractivity contribution in [1.82, 2.24) is 0 Å². The topological polar surface area (TPSA) is 16.4 Å². The molecule has 2 nitrogen and oxygen atoms in total. The summed E-state index contributed by atoms with van der Waals surface area (Å²) in [5.74, 6) is 0. The minimum Gasteiger partial charge on any atom is -0.456 e. The number of fused-ring (bicyclic) bond motifs is 3. The van der Waals surface area contributed by atoms with Crippen LogP contribution >= 0.6 is 0 Å². The lowest BCUT2D eigenvalue weighted by molar-refractivity contribution is 0.669. The molecule has 24 heavy (non-hydrogen) atoms. The third-order valence-electron chi connectivity index (χ3n) is 2.86. The van der Waals surface area contributed by atoms with E-state index in [-0.39, 0.29) is 0 Å². The first-order valence-electron chi connectivity index (χ1n) is 9.35. The van der Waals surface area contributed by atoms with E-state index in [2.05, 4.69) is 31.1 Å². The van der Waals surface area contributed by atoms with E-state index in [4.69, 9.17) is 4.42 Å². The molecule has 2 aromatic carbocycles. The summed E-state index contributed by atoms with van der Waals surface area (Å²) < 4.78 is 5.82. The lowest BCUT2D eigenvalue weighted by Crippen LogP contribution is -2.08. The highest BCUT2D eigenvalue weighted by Crippen LogP contribution is 2.34. The van der Waals surface area contributed by atoms with E-state index >= 15 is 0 Å². The Morgan fingerprint density at radius 3 is 1.67 bits per heavy atom. The van der Waals surface area contributed by atoms with E-state index in [0.717, 1.165) is 11.2 Å². The molecule has 0 saturated heterocycles. The third kappa shape index (κ3) is 5.92. The molecular weight excluding hydrogens is 294 g/mol. The fourth-order valence-electron chi connectivity index (χ4n) is 2.13. The highest BCUT2D eigenvalue weighted by Gasteiger charge is 2.10. The van der Waals surface area contributed by atoms with Gasteiger partial charge in [-0.1, -0.05) is 79.7 Å². The van der Waals surface area contributed by atoms with Crippen molar-refractivity contribution in [3.8, 4) is 0 Å². The molecule has 0 spiro atoms. The van der Waals surface area contributed by atoms with Crippen molar-refractivity contribution in [3.05, 3.63) is 42.5 Å². The van der Waals surface area contributed by atoms with Gasteiger partial charge >= 0.3 is 0 Å². The first-order chi connectivity index (χ1) is 11.8. The molecule has 0 aliphatic heterocycles. The largest absolute Gasteiger partial charge is 0.456 e. The van der Waals surface area contributed by atoms with Crippen molar-refractivity contribution in [2.75, 3.05) is 19.0 Å². The van der Waals surface area contributed by atoms with Gasteiger partial charge in [0.05, 0.1) is 5.39 Å². The molecule has 0 saturated carbocycles. The van der Waals surface area contributed by atoms with Crippen LogP contribution in [0.4, 0.5) is 5.69 Å². The molecule has 3 aromatic rings. The maximum absolute atomic E-state index is 5.82. The van der Waals surface area contributed by atoms with Crippen molar-refractivity contribution in [2.24, 2.45) is 0 Å². The van der Waals surface area contributed by atoms with Gasteiger partial charge in [0.25, 0.3) is 0 Å². The van der Waals surface area contributed by atoms with Crippen LogP contribution in [0.15, 0.2) is 46.9 Å². The van der Waals surface area contributed by atoms with Gasteiger partial charge in [-0.3, -0.25) is 0 Å². The second-order valence-corrected chi connectivity index (χ2v) is 4.14. The summed E-state index contributed by atoms with van der Waals surface area (Å²) in [5, 5.41) is 2.38. The van der Waals surface area contributed by atoms with Gasteiger partial charge in [0.1, 0.15) is 11.2 Å². The summed E-state index contributed by atoms with van der Waals surface area (Å²) in [7, 11) is 4.10. The molecule has 0 amide bonds. The monoisotopic (exact) mass is 331 g/mol. The number of rotatable bonds is 1. The molecule has 136 valence electrons. The first-order valence-corrected chi connectivity index (χ1v) is 9.35. The smallest absolute Gasteiger partial charge is 0.137 e. The maximum atomic E-state index is 5.82. The zero-order chi connectivity index (χ0) is 19.1. The summed E-state index contributed by atoms with van der Waals surface area (Å²) in [4.78, 5) is 2.12. The molecule has 0 aliphatic carbocycles. The van der Waals surface area contributed by atoms with E-state index in [9.17, 15) is 0 Å². The molecule has 0 atom stereocenters. The molecule has 0 aliphatic rings. The Morgan fingerprint density at radius 2 is 1.12 bits per heavy atom. The van der Waals surface area contributed by atoms with Crippen LogP contribution in [-0.4, -0.2) is 14.1 Å². The van der Waals surface area contributed by atoms with Gasteiger partial charge in [-0.2, -0.15) is 0 Å². The highest BCUT2D eigenvalue weighted by molar-refractivity contribution is 6.11. The van der Waals surface area contributed by atoms with Crippen LogP contribution in [0.1, 0.15) is 55.4 Å². The standard InChI is InChI=1S/C14H13NO.4C2H6/c1-15(2)11-7-5-9-13-14(11)10-6-3-4-8-12(10)16-13;4*1-2/h3-9H,1-2H3;4*1-2H3. The molecule has 1 heterocycles. The van der Waals surface area contributed by atoms with Gasteiger partial charge in [-0.25, -0.2) is 0 Å². The molecule has 0 N–H and O–H groups in total. The quantitative estimate of drug-likeness (QED) is 0.453. The minimum absolute atomic E-state index is 0.951. The summed E-state index contributed by atoms with van der Waals surface area (Å²) in [6, 6.07) is 14.3. The fourth-order valence-corrected chi connectivity index (χ4v) is 2.13. The second-order valence-electron chi connectivity index (χ2n) is 4.14. The van der Waals surface area contributed by atoms with Crippen LogP contribution in [0.2, 0.25) is 0 Å². The second kappa shape index (κ2) is 14.6. The molecule has 2 heteroatoms. The number of para-hydroxylation sites is 1. The minimum atomic E-state index is 0.951. The Kier molecular flexibility index (Phi) is 14.8. The Balaban J connectivity index is 0. The predicted molar refractivity (Wildman–Crippen MR) is 113 cm³/mol. The van der Waals surface area contributed by atoms with Gasteiger partial charge in [0.2, 0.25) is 0 Å². The van der Waals surface area contributed by atoms with Crippen LogP contribution in [0.25, 0.3) is 21.9 Å². The van der Waals surface area contributed by atoms with Gasteiger partial charge in [0, 0.05) is 25.2 Å². The predicted octanol–water partition coefficient (Wildman–Crippen LogP) is 7.76. The van der Waals surface area contributed by atoms with Crippen molar-refractivity contribution < 1.29 is 4.42 Å². The van der Waals surface area contributed by atoms with Crippen molar-refractivity contribution in [1.29, 1.82) is 0 Å². The van der Waals surface area contributed by atoms with Crippen LogP contribution in [0.3, 0.4) is 0 Å². The average Bonchev–Trinajstić information content (AvgIpc) is 3.07. The van der Waals surface area contributed by atoms with E-state index in [1.165, 1.54) is 16.5 Å². The molecule has 1 aromatic heterocycles. The number of benzene rings is 2. The van der Waals surface area contributed by atoms with E-state index in [1.807, 2.05) is 85.7 Å². The summed E-state index contributed by atoms with van der Waals surface area (Å²) >= 11 is 0. The summed E-state index contributed by atoms with van der Waals surface area (Å²) in [6.07, 6.45) is 0. The van der Waals surface area contributed by atoms with Crippen molar-refractivity contribution in [2.45, 2.75) is 55.4 Å². The van der Waals surface area contributed by atoms with Crippen molar-refractivity contribution >= 4 is 27.6 Å². The molecule has 0 radical (unpaired) electrons. The zero-order valence-corrected chi connectivity index (χ0v) is 17.4. The lowest BCUT2D eigenvalue weighted by atomic mass is 10.1. The number of hydrogen-bond donors (Lipinski definition) is 0. The van der Waals surface area contributed by atoms with Crippen molar-refractivity contribution in [3.63, 3.8) is 0 Å². The summed E-state index contributed by atoms with van der Waals surface area (Å²) in [5.41, 5.74) is 3.10. The van der Waals surface area contributed by atoms with Crippen LogP contribution in [0, 0.1) is 0 Å². The number of hydrogen-bond acceptors (Lipinski definition) is 2. The van der Waals surface area contributed by atoms with Crippen LogP contribution in [0.5, 0.6) is 0 Å². The molecule has 3 rings (SSSR count). The summed E-state index contributed by atoms with van der Waals surface area (Å²) in [6.45, 7) is 16.0. The van der Waals surface area contributed by atoms with Gasteiger partial charge in [0.15, 0.2) is 0 Å². The Bertz CT molecular complexity index is 653. The van der Waals surface area contributed by atoms with Gasteiger partial charge in [-0.15, -0.1) is 0 Å². The molecular formula is C22H37NO. The van der Waals surface area contributed by atoms with Gasteiger partial charge in [-0.05, 0) is 18.2 Å². The first kappa shape index (κ1) is 24.3. The number of furan rings is 1. The molecule has 0 fully saturated rings. The van der Waals surface area contributed by atoms with Crippen LogP contribution < -0.4 is 4.90 Å². The average molecular weight is 332 g/mol. The van der Waals surface area contributed by atoms with Gasteiger partial charge < -0.3 is 9.32 Å². The molecule has 0 bridgehead atoms. The number of anilines is 1. The normalized spacial score (nSPS) is 8.42. The Labute approximate surface area is 149 Å².